The lowest BCUT2D eigenvalue weighted by atomic mass is 10.2. The Kier molecular flexibility index (Phi) is 7.73. The van der Waals surface area contributed by atoms with Gasteiger partial charge in [0.2, 0.25) is 11.8 Å². The maximum atomic E-state index is 14.1. The van der Waals surface area contributed by atoms with E-state index in [-0.39, 0.29) is 47.9 Å². The van der Waals surface area contributed by atoms with Crippen molar-refractivity contribution in [2.24, 2.45) is 5.73 Å². The summed E-state index contributed by atoms with van der Waals surface area (Å²) >= 11 is 5.80. The molecule has 11 heteroatoms. The van der Waals surface area contributed by atoms with Gasteiger partial charge in [0.15, 0.2) is 5.69 Å². The molecule has 3 amide bonds. The molecule has 4 N–H and O–H groups in total. The number of nitrogens with one attached hydrogen (secondary N) is 2. The fourth-order valence-corrected chi connectivity index (χ4v) is 4.17. The van der Waals surface area contributed by atoms with Gasteiger partial charge in [-0.2, -0.15) is 5.10 Å². The number of carbonyl (C=O) groups excluding carboxylic acids is 3. The van der Waals surface area contributed by atoms with Gasteiger partial charge in [-0.05, 0) is 43.5 Å². The summed E-state index contributed by atoms with van der Waals surface area (Å²) < 4.78 is 15.6. The number of hydrogen-bond acceptors (Lipinski definition) is 5. The van der Waals surface area contributed by atoms with Gasteiger partial charge in [-0.25, -0.2) is 4.39 Å². The summed E-state index contributed by atoms with van der Waals surface area (Å²) in [5.74, 6) is -2.00. The van der Waals surface area contributed by atoms with E-state index in [9.17, 15) is 18.8 Å². The van der Waals surface area contributed by atoms with Gasteiger partial charge in [0.1, 0.15) is 12.4 Å². The first-order valence-electron chi connectivity index (χ1n) is 11.8. The summed E-state index contributed by atoms with van der Waals surface area (Å²) in [6.45, 7) is 2.44. The van der Waals surface area contributed by atoms with E-state index in [1.54, 1.807) is 12.1 Å². The zero-order valence-electron chi connectivity index (χ0n) is 19.9. The number of fused-ring (bicyclic) bond motifs is 1. The number of hydrogen-bond donors (Lipinski definition) is 3. The van der Waals surface area contributed by atoms with E-state index in [2.05, 4.69) is 15.7 Å². The molecule has 0 radical (unpaired) electrons. The Balaban J connectivity index is 1.49. The third-order valence-electron chi connectivity index (χ3n) is 5.98. The summed E-state index contributed by atoms with van der Waals surface area (Å²) in [5, 5.41) is 10.8. The smallest absolute Gasteiger partial charge is 0.269 e. The molecule has 1 heterocycles. The predicted octanol–water partition coefficient (Wildman–Crippen LogP) is 3.06. The molecule has 0 aliphatic heterocycles. The molecule has 9 nitrogen and oxygen atoms in total. The SMILES string of the molecule is CCCNc1ccc2c(C(N)=O)nn(CC(=O)N(CC(=O)NCc3cccc(Cl)c3F)C3CC3)c2c1. The Hall–Kier alpha value is -3.66. The molecule has 36 heavy (non-hydrogen) atoms. The van der Waals surface area contributed by atoms with Crippen LogP contribution in [0.3, 0.4) is 0 Å². The van der Waals surface area contributed by atoms with E-state index < -0.39 is 17.6 Å². The third-order valence-corrected chi connectivity index (χ3v) is 6.27. The Morgan fingerprint density at radius 2 is 2.03 bits per heavy atom. The molecular formula is C25H28ClFN6O3. The lowest BCUT2D eigenvalue weighted by Crippen LogP contribution is -2.43. The van der Waals surface area contributed by atoms with E-state index in [0.29, 0.717) is 10.9 Å². The highest BCUT2D eigenvalue weighted by atomic mass is 35.5. The van der Waals surface area contributed by atoms with Gasteiger partial charge in [0, 0.05) is 35.8 Å². The van der Waals surface area contributed by atoms with Gasteiger partial charge in [0.05, 0.1) is 17.1 Å². The average molecular weight is 515 g/mol. The number of rotatable bonds is 11. The van der Waals surface area contributed by atoms with Crippen LogP contribution in [0.1, 0.15) is 42.2 Å². The van der Waals surface area contributed by atoms with Crippen LogP contribution in [0.4, 0.5) is 10.1 Å². The van der Waals surface area contributed by atoms with E-state index in [4.69, 9.17) is 17.3 Å². The number of benzene rings is 2. The van der Waals surface area contributed by atoms with Crippen molar-refractivity contribution < 1.29 is 18.8 Å². The second-order valence-electron chi connectivity index (χ2n) is 8.77. The minimum absolute atomic E-state index is 0.0219. The molecule has 0 spiro atoms. The first kappa shape index (κ1) is 25.4. The molecule has 0 bridgehead atoms. The maximum absolute atomic E-state index is 14.1. The van der Waals surface area contributed by atoms with Crippen LogP contribution >= 0.6 is 11.6 Å². The Morgan fingerprint density at radius 1 is 1.25 bits per heavy atom. The second kappa shape index (κ2) is 10.9. The summed E-state index contributed by atoms with van der Waals surface area (Å²) in [6.07, 6.45) is 2.52. The lowest BCUT2D eigenvalue weighted by Gasteiger charge is -2.22. The van der Waals surface area contributed by atoms with Gasteiger partial charge < -0.3 is 21.3 Å². The number of amides is 3. The minimum atomic E-state index is -0.688. The van der Waals surface area contributed by atoms with Crippen molar-refractivity contribution in [2.75, 3.05) is 18.4 Å². The van der Waals surface area contributed by atoms with Crippen LogP contribution in [-0.2, 0) is 22.7 Å². The van der Waals surface area contributed by atoms with Gasteiger partial charge in [-0.15, -0.1) is 0 Å². The Labute approximate surface area is 212 Å². The number of carbonyl (C=O) groups is 3. The van der Waals surface area contributed by atoms with Crippen LogP contribution in [0, 0.1) is 5.82 Å². The van der Waals surface area contributed by atoms with E-state index in [1.165, 1.54) is 21.7 Å². The third kappa shape index (κ3) is 5.76. The van der Waals surface area contributed by atoms with Crippen molar-refractivity contribution in [3.05, 3.63) is 58.5 Å². The van der Waals surface area contributed by atoms with E-state index in [0.717, 1.165) is 31.5 Å². The quantitative estimate of drug-likeness (QED) is 0.363. The fraction of sp³-hybridized carbons (Fsp3) is 0.360. The summed E-state index contributed by atoms with van der Waals surface area (Å²) in [7, 11) is 0. The second-order valence-corrected chi connectivity index (χ2v) is 9.18. The highest BCUT2D eigenvalue weighted by Crippen LogP contribution is 2.28. The number of halogens is 2. The van der Waals surface area contributed by atoms with Gasteiger partial charge >= 0.3 is 0 Å². The number of anilines is 1. The molecule has 0 unspecified atom stereocenters. The molecule has 1 aliphatic carbocycles. The monoisotopic (exact) mass is 514 g/mol. The molecule has 190 valence electrons. The van der Waals surface area contributed by atoms with Crippen molar-refractivity contribution >= 4 is 45.9 Å². The van der Waals surface area contributed by atoms with Gasteiger partial charge in [-0.3, -0.25) is 19.1 Å². The molecule has 1 saturated carbocycles. The van der Waals surface area contributed by atoms with Crippen molar-refractivity contribution in [1.82, 2.24) is 20.0 Å². The zero-order chi connectivity index (χ0) is 25.8. The highest BCUT2D eigenvalue weighted by Gasteiger charge is 2.34. The van der Waals surface area contributed by atoms with Crippen LogP contribution in [0.2, 0.25) is 5.02 Å². The van der Waals surface area contributed by atoms with Crippen LogP contribution in [0.5, 0.6) is 0 Å². The lowest BCUT2D eigenvalue weighted by molar-refractivity contribution is -0.137. The minimum Gasteiger partial charge on any atom is -0.385 e. The largest absolute Gasteiger partial charge is 0.385 e. The van der Waals surface area contributed by atoms with Gasteiger partial charge in [0.25, 0.3) is 5.91 Å². The molecule has 1 aliphatic rings. The molecule has 3 aromatic rings. The summed E-state index contributed by atoms with van der Waals surface area (Å²) in [4.78, 5) is 39.3. The maximum Gasteiger partial charge on any atom is 0.269 e. The molecule has 1 fully saturated rings. The standard InChI is InChI=1S/C25H28ClFN6O3/c1-2-10-29-16-6-9-18-20(11-16)33(31-24(18)25(28)36)14-22(35)32(17-7-8-17)13-21(34)30-12-15-4-3-5-19(26)23(15)27/h3-6,9,11,17,29H,2,7-8,10,12-14H2,1H3,(H2,28,36)(H,30,34). The fourth-order valence-electron chi connectivity index (χ4n) is 3.97. The van der Waals surface area contributed by atoms with Crippen LogP contribution in [0.15, 0.2) is 36.4 Å². The van der Waals surface area contributed by atoms with Crippen LogP contribution < -0.4 is 16.4 Å². The van der Waals surface area contributed by atoms with Crippen molar-refractivity contribution in [3.8, 4) is 0 Å². The van der Waals surface area contributed by atoms with E-state index >= 15 is 0 Å². The predicted molar refractivity (Wildman–Crippen MR) is 135 cm³/mol. The topological polar surface area (TPSA) is 122 Å². The molecular weight excluding hydrogens is 487 g/mol. The first-order chi connectivity index (χ1) is 17.3. The van der Waals surface area contributed by atoms with Crippen molar-refractivity contribution in [3.63, 3.8) is 0 Å². The Bertz CT molecular complexity index is 1310. The molecule has 2 aromatic carbocycles. The van der Waals surface area contributed by atoms with Gasteiger partial charge in [-0.1, -0.05) is 30.7 Å². The van der Waals surface area contributed by atoms with Crippen LogP contribution in [0.25, 0.3) is 10.9 Å². The number of nitrogens with zero attached hydrogens (tertiary/aromatic N) is 3. The number of nitrogens with two attached hydrogens (primary N) is 1. The molecule has 1 aromatic heterocycles. The summed E-state index contributed by atoms with van der Waals surface area (Å²) in [5.41, 5.74) is 7.28. The van der Waals surface area contributed by atoms with Crippen molar-refractivity contribution in [2.45, 2.75) is 45.3 Å². The number of aromatic nitrogens is 2. The molecule has 0 saturated heterocycles. The van der Waals surface area contributed by atoms with Crippen molar-refractivity contribution in [1.29, 1.82) is 0 Å². The molecule has 4 rings (SSSR count). The van der Waals surface area contributed by atoms with E-state index in [1.807, 2.05) is 19.1 Å². The summed E-state index contributed by atoms with van der Waals surface area (Å²) in [6, 6.07) is 9.93. The number of primary amides is 1. The normalized spacial score (nSPS) is 13.0. The first-order valence-corrected chi connectivity index (χ1v) is 12.2. The van der Waals surface area contributed by atoms with Crippen LogP contribution in [-0.4, -0.2) is 51.5 Å². The Morgan fingerprint density at radius 3 is 2.72 bits per heavy atom. The zero-order valence-corrected chi connectivity index (χ0v) is 20.6. The average Bonchev–Trinajstić information content (AvgIpc) is 3.63. The highest BCUT2D eigenvalue weighted by molar-refractivity contribution is 6.30. The molecule has 0 atom stereocenters.